The maximum Gasteiger partial charge on any atom is 0.259 e. The molecule has 1 fully saturated rings. The predicted molar refractivity (Wildman–Crippen MR) is 164 cm³/mol. The van der Waals surface area contributed by atoms with E-state index in [9.17, 15) is 9.90 Å². The van der Waals surface area contributed by atoms with Crippen molar-refractivity contribution in [1.82, 2.24) is 20.0 Å². The van der Waals surface area contributed by atoms with E-state index in [-0.39, 0.29) is 5.91 Å². The van der Waals surface area contributed by atoms with Crippen molar-refractivity contribution in [3.8, 4) is 0 Å². The molecular formula is C33H43N5O2. The Bertz CT molecular complexity index is 1310. The Morgan fingerprint density at radius 3 is 2.70 bits per heavy atom. The zero-order valence-electron chi connectivity index (χ0n) is 24.3. The Hall–Kier alpha value is -3.71. The minimum absolute atomic E-state index is 0.181. The van der Waals surface area contributed by atoms with Crippen LogP contribution in [0.1, 0.15) is 81.4 Å². The topological polar surface area (TPSA) is 82.8 Å². The number of hydrogen-bond acceptors (Lipinski definition) is 4. The van der Waals surface area contributed by atoms with Gasteiger partial charge in [0.25, 0.3) is 5.91 Å². The third kappa shape index (κ3) is 7.07. The lowest BCUT2D eigenvalue weighted by molar-refractivity contribution is -0.0124. The molecule has 1 aromatic carbocycles. The minimum Gasteiger partial charge on any atom is -0.385 e. The quantitative estimate of drug-likeness (QED) is 0.309. The number of amides is 1. The Morgan fingerprint density at radius 2 is 2.00 bits per heavy atom. The van der Waals surface area contributed by atoms with Crippen molar-refractivity contribution in [3.05, 3.63) is 89.4 Å². The van der Waals surface area contributed by atoms with Gasteiger partial charge in [-0.15, -0.1) is 0 Å². The Labute approximate surface area is 238 Å². The van der Waals surface area contributed by atoms with Crippen LogP contribution in [0, 0.1) is 5.92 Å². The molecule has 7 heteroatoms. The highest BCUT2D eigenvalue weighted by molar-refractivity contribution is 5.98. The summed E-state index contributed by atoms with van der Waals surface area (Å²) in [6, 6.07) is 9.93. The molecule has 1 unspecified atom stereocenters. The van der Waals surface area contributed by atoms with Crippen molar-refractivity contribution in [3.63, 3.8) is 0 Å². The van der Waals surface area contributed by atoms with Gasteiger partial charge >= 0.3 is 0 Å². The number of hydrogen-bond donors (Lipinski definition) is 2. The molecule has 0 saturated carbocycles. The molecule has 7 nitrogen and oxygen atoms in total. The predicted octanol–water partition coefficient (Wildman–Crippen LogP) is 6.17. The largest absolute Gasteiger partial charge is 0.385 e. The van der Waals surface area contributed by atoms with Gasteiger partial charge in [-0.3, -0.25) is 9.79 Å². The monoisotopic (exact) mass is 541 g/mol. The van der Waals surface area contributed by atoms with Crippen LogP contribution in [-0.2, 0) is 5.60 Å². The van der Waals surface area contributed by atoms with Crippen LogP contribution >= 0.6 is 0 Å². The fourth-order valence-corrected chi connectivity index (χ4v) is 5.38. The second-order valence-electron chi connectivity index (χ2n) is 10.7. The van der Waals surface area contributed by atoms with E-state index < -0.39 is 5.60 Å². The third-order valence-electron chi connectivity index (χ3n) is 7.66. The van der Waals surface area contributed by atoms with Crippen LogP contribution in [-0.4, -0.2) is 51.2 Å². The van der Waals surface area contributed by atoms with Crippen LogP contribution in [0.25, 0.3) is 11.8 Å². The summed E-state index contributed by atoms with van der Waals surface area (Å²) in [5.41, 5.74) is 3.24. The molecule has 1 aliphatic carbocycles. The lowest BCUT2D eigenvalue weighted by atomic mass is 9.84. The molecule has 4 rings (SSSR count). The average Bonchev–Trinajstić information content (AvgIpc) is 3.25. The summed E-state index contributed by atoms with van der Waals surface area (Å²) in [5, 5.41) is 18.9. The van der Waals surface area contributed by atoms with Crippen molar-refractivity contribution >= 4 is 23.5 Å². The number of nitrogens with one attached hydrogen (secondary N) is 1. The van der Waals surface area contributed by atoms with Gasteiger partial charge in [0.05, 0.1) is 28.8 Å². The van der Waals surface area contributed by atoms with Crippen LogP contribution in [0.4, 0.5) is 0 Å². The first-order valence-electron chi connectivity index (χ1n) is 14.5. The Morgan fingerprint density at radius 1 is 1.25 bits per heavy atom. The molecule has 2 aliphatic rings. The number of carbonyl (C=O) groups excluding carboxylic acids is 1. The first-order valence-corrected chi connectivity index (χ1v) is 14.5. The van der Waals surface area contributed by atoms with Crippen LogP contribution in [0.3, 0.4) is 0 Å². The van der Waals surface area contributed by atoms with Crippen molar-refractivity contribution in [1.29, 1.82) is 0 Å². The van der Waals surface area contributed by atoms with Gasteiger partial charge in [-0.05, 0) is 70.1 Å². The van der Waals surface area contributed by atoms with Gasteiger partial charge in [-0.1, -0.05) is 61.6 Å². The highest BCUT2D eigenvalue weighted by Gasteiger charge is 2.34. The molecular weight excluding hydrogens is 498 g/mol. The lowest BCUT2D eigenvalue weighted by Crippen LogP contribution is -2.45. The van der Waals surface area contributed by atoms with E-state index >= 15 is 0 Å². The summed E-state index contributed by atoms with van der Waals surface area (Å²) >= 11 is 0. The summed E-state index contributed by atoms with van der Waals surface area (Å²) in [4.78, 5) is 20.3. The van der Waals surface area contributed by atoms with Gasteiger partial charge in [-0.2, -0.15) is 5.10 Å². The Balaban J connectivity index is 1.43. The number of aliphatic hydroxyl groups is 1. The van der Waals surface area contributed by atoms with E-state index in [0.717, 1.165) is 54.4 Å². The number of carbonyl (C=O) groups is 1. The smallest absolute Gasteiger partial charge is 0.259 e. The van der Waals surface area contributed by atoms with Gasteiger partial charge in [0.15, 0.2) is 0 Å². The zero-order valence-corrected chi connectivity index (χ0v) is 24.3. The molecule has 2 N–H and O–H groups in total. The molecule has 2 aromatic rings. The van der Waals surface area contributed by atoms with Crippen LogP contribution in [0.15, 0.2) is 77.6 Å². The fourth-order valence-electron chi connectivity index (χ4n) is 5.38. The lowest BCUT2D eigenvalue weighted by Gasteiger charge is -2.40. The van der Waals surface area contributed by atoms with Gasteiger partial charge in [0, 0.05) is 31.8 Å². The fraction of sp³-hybridized carbons (Fsp3) is 0.424. The standard InChI is InChI=1S/C33H43N5O2/c1-5-12-30-29(24-35-38(30)28-16-11-10-13-25(3)23-28)32(39)36-26(4)17-18-31(34-6-2)37-21-19-33(40,20-22-37)27-14-8-7-9-15-27/h5,7-9,11-12,14-17,23-25,40H,6,10,13,18-22H2,1-4H3,(H,36,39)/b12-5?,26-17+,34-31?. The second-order valence-corrected chi connectivity index (χ2v) is 10.7. The van der Waals surface area contributed by atoms with E-state index in [0.29, 0.717) is 37.3 Å². The van der Waals surface area contributed by atoms with Gasteiger partial charge in [0.1, 0.15) is 5.84 Å². The van der Waals surface area contributed by atoms with Crippen LogP contribution < -0.4 is 5.32 Å². The Kier molecular flexibility index (Phi) is 9.93. The van der Waals surface area contributed by atoms with Gasteiger partial charge in [0.2, 0.25) is 0 Å². The molecule has 1 aliphatic heterocycles. The molecule has 1 aromatic heterocycles. The molecule has 1 amide bonds. The number of aliphatic imine (C=N–C) groups is 1. The number of nitrogens with zero attached hydrogens (tertiary/aromatic N) is 4. The number of allylic oxidation sites excluding steroid dienone is 6. The SMILES string of the molecule is CC=Cc1c(C(=O)N/C(C)=C/CC(=NCC)N2CCC(O)(c3ccccc3)CC2)cnn1C1=CC(C)CCC=C1. The highest BCUT2D eigenvalue weighted by Crippen LogP contribution is 2.33. The first-order chi connectivity index (χ1) is 19.3. The molecule has 0 spiro atoms. The van der Waals surface area contributed by atoms with E-state index in [2.05, 4.69) is 40.5 Å². The maximum absolute atomic E-state index is 13.3. The second kappa shape index (κ2) is 13.6. The van der Waals surface area contributed by atoms with Crippen molar-refractivity contribution < 1.29 is 9.90 Å². The van der Waals surface area contributed by atoms with E-state index in [1.807, 2.05) is 74.0 Å². The van der Waals surface area contributed by atoms with Crippen LogP contribution in [0.2, 0.25) is 0 Å². The number of likely N-dealkylation sites (tertiary alicyclic amines) is 1. The van der Waals surface area contributed by atoms with Crippen molar-refractivity contribution in [2.24, 2.45) is 10.9 Å². The summed E-state index contributed by atoms with van der Waals surface area (Å²) in [6.07, 6.45) is 18.1. The summed E-state index contributed by atoms with van der Waals surface area (Å²) < 4.78 is 1.85. The summed E-state index contributed by atoms with van der Waals surface area (Å²) in [5.74, 6) is 1.25. The van der Waals surface area contributed by atoms with Gasteiger partial charge in [-0.25, -0.2) is 4.68 Å². The van der Waals surface area contributed by atoms with Crippen molar-refractivity contribution in [2.75, 3.05) is 19.6 Å². The molecule has 0 radical (unpaired) electrons. The van der Waals surface area contributed by atoms with Crippen molar-refractivity contribution in [2.45, 2.75) is 65.4 Å². The van der Waals surface area contributed by atoms with E-state index in [1.54, 1.807) is 6.20 Å². The molecule has 1 saturated heterocycles. The number of amidine groups is 1. The van der Waals surface area contributed by atoms with Gasteiger partial charge < -0.3 is 15.3 Å². The molecule has 1 atom stereocenters. The molecule has 212 valence electrons. The first kappa shape index (κ1) is 29.3. The highest BCUT2D eigenvalue weighted by atomic mass is 16.3. The van der Waals surface area contributed by atoms with E-state index in [1.165, 1.54) is 0 Å². The average molecular weight is 542 g/mol. The summed E-state index contributed by atoms with van der Waals surface area (Å²) in [7, 11) is 0. The number of piperidine rings is 1. The zero-order chi connectivity index (χ0) is 28.5. The molecule has 40 heavy (non-hydrogen) atoms. The van der Waals surface area contributed by atoms with E-state index in [4.69, 9.17) is 4.99 Å². The normalized spacial score (nSPS) is 20.0. The summed E-state index contributed by atoms with van der Waals surface area (Å²) in [6.45, 7) is 10.2. The molecule has 0 bridgehead atoms. The molecule has 2 heterocycles. The van der Waals surface area contributed by atoms with Crippen LogP contribution in [0.5, 0.6) is 0 Å². The number of benzene rings is 1. The number of rotatable bonds is 8. The minimum atomic E-state index is -0.801. The number of aromatic nitrogens is 2. The third-order valence-corrected chi connectivity index (χ3v) is 7.66. The maximum atomic E-state index is 13.3.